The van der Waals surface area contributed by atoms with E-state index in [1.54, 1.807) is 6.07 Å². The highest BCUT2D eigenvalue weighted by Crippen LogP contribution is 2.23. The molecule has 2 N–H and O–H groups in total. The molecule has 0 unspecified atom stereocenters. The Hall–Kier alpha value is -1.42. The molecule has 70 valence electrons. The maximum absolute atomic E-state index is 10.6. The zero-order valence-electron chi connectivity index (χ0n) is 7.70. The molecule has 4 nitrogen and oxygen atoms in total. The van der Waals surface area contributed by atoms with Gasteiger partial charge in [-0.1, -0.05) is 6.07 Å². The molecule has 0 bridgehead atoms. The molecule has 0 fully saturated rings. The van der Waals surface area contributed by atoms with Crippen LogP contribution in [0.5, 0.6) is 0 Å². The Kier molecular flexibility index (Phi) is 2.63. The summed E-state index contributed by atoms with van der Waals surface area (Å²) in [4.78, 5) is 10.2. The first-order valence-corrected chi connectivity index (χ1v) is 4.01. The number of benzene rings is 1. The van der Waals surface area contributed by atoms with Gasteiger partial charge in [-0.05, 0) is 25.0 Å². The van der Waals surface area contributed by atoms with Gasteiger partial charge in [0.25, 0.3) is 5.69 Å². The van der Waals surface area contributed by atoms with Gasteiger partial charge in [0, 0.05) is 18.2 Å². The van der Waals surface area contributed by atoms with Crippen molar-refractivity contribution < 1.29 is 4.92 Å². The van der Waals surface area contributed by atoms with Crippen LogP contribution < -0.4 is 5.73 Å². The first-order chi connectivity index (χ1) is 6.06. The fourth-order valence-electron chi connectivity index (χ4n) is 1.40. The van der Waals surface area contributed by atoms with Gasteiger partial charge in [0.2, 0.25) is 0 Å². The van der Waals surface area contributed by atoms with Gasteiger partial charge >= 0.3 is 0 Å². The van der Waals surface area contributed by atoms with E-state index in [1.807, 2.05) is 19.9 Å². The predicted octanol–water partition coefficient (Wildman–Crippen LogP) is 1.67. The topological polar surface area (TPSA) is 69.2 Å². The van der Waals surface area contributed by atoms with Crippen LogP contribution in [0, 0.1) is 24.0 Å². The molecule has 4 heteroatoms. The zero-order chi connectivity index (χ0) is 10.0. The minimum absolute atomic E-state index is 0.125. The van der Waals surface area contributed by atoms with Crippen molar-refractivity contribution >= 4 is 5.69 Å². The lowest BCUT2D eigenvalue weighted by Crippen LogP contribution is -2.04. The second kappa shape index (κ2) is 3.53. The third-order valence-corrected chi connectivity index (χ3v) is 1.99. The molecule has 0 heterocycles. The van der Waals surface area contributed by atoms with E-state index >= 15 is 0 Å². The average molecular weight is 180 g/mol. The largest absolute Gasteiger partial charge is 0.326 e. The summed E-state index contributed by atoms with van der Waals surface area (Å²) in [6, 6.07) is 3.45. The highest BCUT2D eigenvalue weighted by Gasteiger charge is 2.14. The van der Waals surface area contributed by atoms with E-state index in [4.69, 9.17) is 5.73 Å². The molecule has 13 heavy (non-hydrogen) atoms. The molecule has 0 aliphatic carbocycles. The summed E-state index contributed by atoms with van der Waals surface area (Å²) in [5.74, 6) is 0. The third-order valence-electron chi connectivity index (χ3n) is 1.99. The smallest absolute Gasteiger partial charge is 0.274 e. The molecule has 0 aromatic heterocycles. The molecule has 1 aromatic rings. The van der Waals surface area contributed by atoms with Crippen LogP contribution in [0.2, 0.25) is 0 Å². The Morgan fingerprint density at radius 3 is 2.54 bits per heavy atom. The normalized spacial score (nSPS) is 10.1. The van der Waals surface area contributed by atoms with Crippen LogP contribution >= 0.6 is 0 Å². The summed E-state index contributed by atoms with van der Waals surface area (Å²) in [7, 11) is 0. The first kappa shape index (κ1) is 9.67. The molecule has 0 atom stereocenters. The molecular formula is C9H12N2O2. The van der Waals surface area contributed by atoms with Crippen molar-refractivity contribution in [2.24, 2.45) is 5.73 Å². The van der Waals surface area contributed by atoms with Crippen molar-refractivity contribution in [3.05, 3.63) is 38.9 Å². The second-order valence-electron chi connectivity index (χ2n) is 3.04. The highest BCUT2D eigenvalue weighted by atomic mass is 16.6. The molecule has 1 aromatic carbocycles. The lowest BCUT2D eigenvalue weighted by atomic mass is 10.0. The minimum atomic E-state index is -0.387. The standard InChI is InChI=1S/C9H12N2O2/c1-6-3-7(2)8(5-10)9(4-6)11(12)13/h3-4H,5,10H2,1-2H3. The van der Waals surface area contributed by atoms with Crippen LogP contribution in [0.15, 0.2) is 12.1 Å². The number of nitrogens with zero attached hydrogens (tertiary/aromatic N) is 1. The molecule has 1 rings (SSSR count). The van der Waals surface area contributed by atoms with E-state index in [0.29, 0.717) is 5.56 Å². The Morgan fingerprint density at radius 1 is 1.46 bits per heavy atom. The van der Waals surface area contributed by atoms with E-state index in [-0.39, 0.29) is 17.2 Å². The number of nitrogens with two attached hydrogens (primary N) is 1. The summed E-state index contributed by atoms with van der Waals surface area (Å²) in [6.45, 7) is 3.88. The van der Waals surface area contributed by atoms with Gasteiger partial charge in [0.15, 0.2) is 0 Å². The van der Waals surface area contributed by atoms with E-state index in [9.17, 15) is 10.1 Å². The Morgan fingerprint density at radius 2 is 2.08 bits per heavy atom. The molecule has 0 amide bonds. The monoisotopic (exact) mass is 180 g/mol. The Balaban J connectivity index is 3.38. The zero-order valence-corrected chi connectivity index (χ0v) is 7.70. The van der Waals surface area contributed by atoms with Crippen molar-refractivity contribution in [2.45, 2.75) is 20.4 Å². The summed E-state index contributed by atoms with van der Waals surface area (Å²) in [6.07, 6.45) is 0. The lowest BCUT2D eigenvalue weighted by Gasteiger charge is -2.05. The number of nitro groups is 1. The molecule has 0 radical (unpaired) electrons. The van der Waals surface area contributed by atoms with Gasteiger partial charge in [0.1, 0.15) is 0 Å². The van der Waals surface area contributed by atoms with Crippen LogP contribution in [0.4, 0.5) is 5.69 Å². The maximum atomic E-state index is 10.6. The minimum Gasteiger partial charge on any atom is -0.326 e. The van der Waals surface area contributed by atoms with Gasteiger partial charge in [-0.15, -0.1) is 0 Å². The molecule has 0 spiro atoms. The predicted molar refractivity (Wildman–Crippen MR) is 50.5 cm³/mol. The van der Waals surface area contributed by atoms with Gasteiger partial charge in [-0.3, -0.25) is 10.1 Å². The number of hydrogen-bond acceptors (Lipinski definition) is 3. The third kappa shape index (κ3) is 1.84. The van der Waals surface area contributed by atoms with Crippen LogP contribution in [0.3, 0.4) is 0 Å². The molecule has 0 saturated carbocycles. The Labute approximate surface area is 76.5 Å². The SMILES string of the molecule is Cc1cc(C)c(CN)c([N+](=O)[O-])c1. The molecule has 0 aliphatic heterocycles. The van der Waals surface area contributed by atoms with E-state index < -0.39 is 0 Å². The summed E-state index contributed by atoms with van der Waals surface area (Å²) in [5.41, 5.74) is 7.95. The van der Waals surface area contributed by atoms with Crippen molar-refractivity contribution in [3.63, 3.8) is 0 Å². The van der Waals surface area contributed by atoms with Crippen LogP contribution in [-0.2, 0) is 6.54 Å². The average Bonchev–Trinajstić information content (AvgIpc) is 2.02. The molecular weight excluding hydrogens is 168 g/mol. The van der Waals surface area contributed by atoms with Crippen LogP contribution in [0.25, 0.3) is 0 Å². The fourth-order valence-corrected chi connectivity index (χ4v) is 1.40. The van der Waals surface area contributed by atoms with Gasteiger partial charge < -0.3 is 5.73 Å². The van der Waals surface area contributed by atoms with Crippen molar-refractivity contribution in [2.75, 3.05) is 0 Å². The van der Waals surface area contributed by atoms with Crippen molar-refractivity contribution in [1.82, 2.24) is 0 Å². The van der Waals surface area contributed by atoms with Crippen molar-refractivity contribution in [3.8, 4) is 0 Å². The van der Waals surface area contributed by atoms with Crippen LogP contribution in [0.1, 0.15) is 16.7 Å². The maximum Gasteiger partial charge on any atom is 0.274 e. The summed E-state index contributed by atoms with van der Waals surface area (Å²) < 4.78 is 0. The highest BCUT2D eigenvalue weighted by molar-refractivity contribution is 5.47. The van der Waals surface area contributed by atoms with E-state index in [0.717, 1.165) is 11.1 Å². The van der Waals surface area contributed by atoms with Gasteiger partial charge in [-0.2, -0.15) is 0 Å². The van der Waals surface area contributed by atoms with Gasteiger partial charge in [-0.25, -0.2) is 0 Å². The quantitative estimate of drug-likeness (QED) is 0.556. The van der Waals surface area contributed by atoms with Crippen LogP contribution in [-0.4, -0.2) is 4.92 Å². The fraction of sp³-hybridized carbons (Fsp3) is 0.333. The van der Waals surface area contributed by atoms with Crippen molar-refractivity contribution in [1.29, 1.82) is 0 Å². The Bertz CT molecular complexity index is 348. The number of nitro benzene ring substituents is 1. The number of rotatable bonds is 2. The molecule has 0 saturated heterocycles. The second-order valence-corrected chi connectivity index (χ2v) is 3.04. The summed E-state index contributed by atoms with van der Waals surface area (Å²) >= 11 is 0. The first-order valence-electron chi connectivity index (χ1n) is 4.01. The number of aryl methyl sites for hydroxylation is 2. The number of hydrogen-bond donors (Lipinski definition) is 1. The van der Waals surface area contributed by atoms with E-state index in [2.05, 4.69) is 0 Å². The lowest BCUT2D eigenvalue weighted by molar-refractivity contribution is -0.385. The van der Waals surface area contributed by atoms with Gasteiger partial charge in [0.05, 0.1) is 4.92 Å². The summed E-state index contributed by atoms with van der Waals surface area (Å²) in [5, 5.41) is 10.6. The molecule has 0 aliphatic rings. The van der Waals surface area contributed by atoms with E-state index in [1.165, 1.54) is 0 Å².